The molecule has 0 N–H and O–H groups in total. The van der Waals surface area contributed by atoms with E-state index < -0.39 is 35.0 Å². The van der Waals surface area contributed by atoms with Crippen molar-refractivity contribution >= 4 is 40.9 Å². The van der Waals surface area contributed by atoms with Crippen molar-refractivity contribution in [1.29, 1.82) is 0 Å². The number of carbonyl (C=O) groups excluding carboxylic acids is 3. The van der Waals surface area contributed by atoms with Crippen LogP contribution in [0.25, 0.3) is 0 Å². The van der Waals surface area contributed by atoms with Gasteiger partial charge in [0.1, 0.15) is 5.78 Å². The summed E-state index contributed by atoms with van der Waals surface area (Å²) < 4.78 is 12.0. The van der Waals surface area contributed by atoms with Gasteiger partial charge in [-0.25, -0.2) is 0 Å². The summed E-state index contributed by atoms with van der Waals surface area (Å²) in [4.78, 5) is 40.9. The second kappa shape index (κ2) is 8.44. The molecular weight excluding hydrogens is 463 g/mol. The van der Waals surface area contributed by atoms with Crippen LogP contribution >= 0.6 is 23.2 Å². The van der Waals surface area contributed by atoms with E-state index in [4.69, 9.17) is 32.7 Å². The van der Waals surface area contributed by atoms with Crippen molar-refractivity contribution in [3.05, 3.63) is 69.7 Å². The van der Waals surface area contributed by atoms with E-state index in [0.29, 0.717) is 34.0 Å². The predicted molar refractivity (Wildman–Crippen MR) is 123 cm³/mol. The second-order valence-corrected chi connectivity index (χ2v) is 10.1. The van der Waals surface area contributed by atoms with Crippen LogP contribution in [0.15, 0.2) is 48.5 Å². The second-order valence-electron chi connectivity index (χ2n) is 9.27. The van der Waals surface area contributed by atoms with Crippen LogP contribution < -0.4 is 0 Å². The van der Waals surface area contributed by atoms with Crippen molar-refractivity contribution in [2.75, 3.05) is 0 Å². The number of ether oxygens (including phenoxy) is 2. The van der Waals surface area contributed by atoms with Crippen LogP contribution in [0, 0.1) is 5.41 Å². The maximum absolute atomic E-state index is 14.0. The minimum absolute atomic E-state index is 0.0286. The van der Waals surface area contributed by atoms with Gasteiger partial charge in [0.25, 0.3) is 5.79 Å². The molecule has 2 aromatic carbocycles. The van der Waals surface area contributed by atoms with E-state index in [1.54, 1.807) is 48.5 Å². The van der Waals surface area contributed by atoms with E-state index in [9.17, 15) is 14.4 Å². The lowest BCUT2D eigenvalue weighted by Crippen LogP contribution is -2.62. The normalized spacial score (nSPS) is 26.2. The molecule has 0 radical (unpaired) electrons. The third-order valence-corrected chi connectivity index (χ3v) is 7.86. The summed E-state index contributed by atoms with van der Waals surface area (Å²) >= 11 is 12.2. The molecule has 0 amide bonds. The molecule has 0 bridgehead atoms. The van der Waals surface area contributed by atoms with Gasteiger partial charge in [0.05, 0.1) is 0 Å². The lowest BCUT2D eigenvalue weighted by molar-refractivity contribution is -0.275. The molecule has 1 heterocycles. The third-order valence-electron chi connectivity index (χ3n) is 7.36. The van der Waals surface area contributed by atoms with Crippen molar-refractivity contribution in [3.63, 3.8) is 0 Å². The van der Waals surface area contributed by atoms with Gasteiger partial charge in [0.15, 0.2) is 5.41 Å². The molecule has 0 aromatic heterocycles. The summed E-state index contributed by atoms with van der Waals surface area (Å²) in [5, 5.41) is 1.05. The molecule has 1 saturated heterocycles. The lowest BCUT2D eigenvalue weighted by atomic mass is 9.55. The zero-order chi connectivity index (χ0) is 23.2. The molecule has 1 aliphatic heterocycles. The number of benzene rings is 2. The maximum Gasteiger partial charge on any atom is 0.328 e. The minimum atomic E-state index is -1.67. The highest BCUT2D eigenvalue weighted by molar-refractivity contribution is 6.30. The van der Waals surface area contributed by atoms with Gasteiger partial charge in [-0.2, -0.15) is 0 Å². The molecule has 7 heteroatoms. The Kier molecular flexibility index (Phi) is 5.74. The van der Waals surface area contributed by atoms with Crippen LogP contribution in [-0.4, -0.2) is 23.5 Å². The molecule has 2 aliphatic carbocycles. The maximum atomic E-state index is 14.0. The van der Waals surface area contributed by atoms with Crippen LogP contribution in [0.4, 0.5) is 0 Å². The number of esters is 2. The summed E-state index contributed by atoms with van der Waals surface area (Å²) in [6, 6.07) is 13.8. The lowest BCUT2D eigenvalue weighted by Gasteiger charge is -2.52. The number of rotatable bonds is 2. The molecule has 5 rings (SSSR count). The van der Waals surface area contributed by atoms with Gasteiger partial charge in [-0.1, -0.05) is 53.9 Å². The standard InChI is InChI=1S/C26H24Cl2O5/c27-18-8-4-16(5-9-18)21-14-20(29)15-22(17-6-10-19(28)11-7-17)26(21)23(30)32-25(33-24(26)31)12-2-1-3-13-25/h4-11,21-22H,1-3,12-15H2/t21-,22+. The summed E-state index contributed by atoms with van der Waals surface area (Å²) in [7, 11) is 0. The molecular formula is C26H24Cl2O5. The first-order valence-electron chi connectivity index (χ1n) is 11.3. The van der Waals surface area contributed by atoms with Crippen LogP contribution in [0.5, 0.6) is 0 Å². The Morgan fingerprint density at radius 2 is 1.09 bits per heavy atom. The Morgan fingerprint density at radius 3 is 1.52 bits per heavy atom. The molecule has 2 aromatic rings. The molecule has 3 fully saturated rings. The van der Waals surface area contributed by atoms with Crippen molar-refractivity contribution in [2.24, 2.45) is 5.41 Å². The monoisotopic (exact) mass is 486 g/mol. The Balaban J connectivity index is 1.66. The van der Waals surface area contributed by atoms with Gasteiger partial charge in [-0.3, -0.25) is 14.4 Å². The van der Waals surface area contributed by atoms with Crippen LogP contribution in [0.3, 0.4) is 0 Å². The molecule has 33 heavy (non-hydrogen) atoms. The first-order valence-corrected chi connectivity index (χ1v) is 12.1. The van der Waals surface area contributed by atoms with E-state index in [0.717, 1.165) is 19.3 Å². The predicted octanol–water partition coefficient (Wildman–Crippen LogP) is 5.97. The fourth-order valence-corrected chi connectivity index (χ4v) is 5.98. The van der Waals surface area contributed by atoms with E-state index >= 15 is 0 Å². The average Bonchev–Trinajstić information content (AvgIpc) is 2.79. The van der Waals surface area contributed by atoms with Crippen molar-refractivity contribution < 1.29 is 23.9 Å². The summed E-state index contributed by atoms with van der Waals surface area (Å²) in [6.07, 6.45) is 3.75. The topological polar surface area (TPSA) is 69.7 Å². The largest absolute Gasteiger partial charge is 0.422 e. The van der Waals surface area contributed by atoms with E-state index in [1.807, 2.05) is 0 Å². The molecule has 2 spiro atoms. The summed E-state index contributed by atoms with van der Waals surface area (Å²) in [5.74, 6) is -3.88. The zero-order valence-corrected chi connectivity index (χ0v) is 19.5. The van der Waals surface area contributed by atoms with E-state index in [2.05, 4.69) is 0 Å². The van der Waals surface area contributed by atoms with Crippen LogP contribution in [0.2, 0.25) is 10.0 Å². The van der Waals surface area contributed by atoms with Gasteiger partial charge >= 0.3 is 11.9 Å². The first kappa shape index (κ1) is 22.4. The first-order chi connectivity index (χ1) is 15.8. The fourth-order valence-electron chi connectivity index (χ4n) is 5.73. The molecule has 172 valence electrons. The number of hydrogen-bond acceptors (Lipinski definition) is 5. The molecule has 2 saturated carbocycles. The quantitative estimate of drug-likeness (QED) is 0.386. The number of carbonyl (C=O) groups is 3. The van der Waals surface area contributed by atoms with Crippen molar-refractivity contribution in [1.82, 2.24) is 0 Å². The highest BCUT2D eigenvalue weighted by Gasteiger charge is 2.68. The number of halogens is 2. The van der Waals surface area contributed by atoms with Crippen LogP contribution in [-0.2, 0) is 23.9 Å². The van der Waals surface area contributed by atoms with Gasteiger partial charge in [-0.15, -0.1) is 0 Å². The number of hydrogen-bond donors (Lipinski definition) is 0. The van der Waals surface area contributed by atoms with Crippen molar-refractivity contribution in [3.8, 4) is 0 Å². The zero-order valence-electron chi connectivity index (χ0n) is 18.0. The molecule has 0 unspecified atom stereocenters. The average molecular weight is 487 g/mol. The Hall–Kier alpha value is -2.37. The third kappa shape index (κ3) is 3.75. The Labute approximate surface area is 202 Å². The number of Topliss-reactive ketones (excluding diaryl/α,β-unsaturated/α-hetero) is 1. The summed E-state index contributed by atoms with van der Waals surface area (Å²) in [6.45, 7) is 0. The summed E-state index contributed by atoms with van der Waals surface area (Å²) in [5.41, 5.74) is -0.307. The van der Waals surface area contributed by atoms with E-state index in [1.165, 1.54) is 0 Å². The molecule has 2 atom stereocenters. The highest BCUT2D eigenvalue weighted by Crippen LogP contribution is 2.59. The SMILES string of the molecule is O=C1C[C@H](c2ccc(Cl)cc2)C2(C(=O)OC3(CCCCC3)OC2=O)[C@H](c2ccc(Cl)cc2)C1. The van der Waals surface area contributed by atoms with Gasteiger partial charge in [0, 0.05) is 47.6 Å². The Morgan fingerprint density at radius 1 is 0.667 bits per heavy atom. The number of ketones is 1. The van der Waals surface area contributed by atoms with Gasteiger partial charge in [-0.05, 0) is 48.2 Å². The minimum Gasteiger partial charge on any atom is -0.422 e. The van der Waals surface area contributed by atoms with Crippen molar-refractivity contribution in [2.45, 2.75) is 62.6 Å². The van der Waals surface area contributed by atoms with Gasteiger partial charge < -0.3 is 9.47 Å². The molecule has 3 aliphatic rings. The highest BCUT2D eigenvalue weighted by atomic mass is 35.5. The van der Waals surface area contributed by atoms with E-state index in [-0.39, 0.29) is 18.6 Å². The fraction of sp³-hybridized carbons (Fsp3) is 0.423. The Bertz CT molecular complexity index is 1010. The van der Waals surface area contributed by atoms with Crippen LogP contribution in [0.1, 0.15) is 67.9 Å². The molecule has 5 nitrogen and oxygen atoms in total. The smallest absolute Gasteiger partial charge is 0.328 e. The van der Waals surface area contributed by atoms with Gasteiger partial charge in [0.2, 0.25) is 0 Å².